The molecule has 0 radical (unpaired) electrons. The van der Waals surface area contributed by atoms with Crippen LogP contribution in [0.25, 0.3) is 6.08 Å². The Morgan fingerprint density at radius 2 is 2.00 bits per heavy atom. The maximum atomic E-state index is 13.5. The molecule has 1 aromatic heterocycles. The molecule has 152 valence electrons. The molecule has 6 atom stereocenters. The molecule has 3 nitrogen and oxygen atoms in total. The number of fused-ring (bicyclic) bond motifs is 5. The number of nitrogens with zero attached hydrogens (tertiary/aromatic N) is 2. The molecule has 4 saturated carbocycles. The third-order valence-electron chi connectivity index (χ3n) is 9.54. The van der Waals surface area contributed by atoms with Gasteiger partial charge in [0.25, 0.3) is 0 Å². The summed E-state index contributed by atoms with van der Waals surface area (Å²) >= 11 is 0. The Bertz CT molecular complexity index is 807. The van der Waals surface area contributed by atoms with Gasteiger partial charge in [-0.1, -0.05) is 26.7 Å². The van der Waals surface area contributed by atoms with E-state index in [9.17, 15) is 4.79 Å². The molecule has 3 heteroatoms. The first-order chi connectivity index (χ1) is 13.5. The van der Waals surface area contributed by atoms with Crippen LogP contribution < -0.4 is 0 Å². The molecular formula is C25H36N2O. The molecule has 0 aromatic carbocycles. The van der Waals surface area contributed by atoms with Crippen LogP contribution in [0.3, 0.4) is 0 Å². The summed E-state index contributed by atoms with van der Waals surface area (Å²) in [5.41, 5.74) is 2.58. The zero-order valence-electron chi connectivity index (χ0n) is 17.9. The molecule has 1 aromatic rings. The molecule has 0 aliphatic heterocycles. The fourth-order valence-corrected chi connectivity index (χ4v) is 7.92. The quantitative estimate of drug-likeness (QED) is 0.599. The maximum absolute atomic E-state index is 13.5. The van der Waals surface area contributed by atoms with E-state index in [0.29, 0.717) is 17.1 Å². The molecule has 0 bridgehead atoms. The van der Waals surface area contributed by atoms with Crippen LogP contribution in [0.1, 0.15) is 84.1 Å². The number of hydrogen-bond donors (Lipinski definition) is 0. The fourth-order valence-electron chi connectivity index (χ4n) is 7.92. The lowest BCUT2D eigenvalue weighted by Gasteiger charge is -2.59. The molecule has 4 fully saturated rings. The van der Waals surface area contributed by atoms with Crippen LogP contribution in [0.5, 0.6) is 0 Å². The Morgan fingerprint density at radius 1 is 1.14 bits per heavy atom. The van der Waals surface area contributed by atoms with Crippen LogP contribution in [-0.2, 0) is 11.3 Å². The molecule has 4 aliphatic rings. The lowest BCUT2D eigenvalue weighted by molar-refractivity contribution is -0.137. The first-order valence-electron chi connectivity index (χ1n) is 11.7. The number of Topliss-reactive ketones (excluding diaryl/α,β-unsaturated/α-hetero) is 1. The second kappa shape index (κ2) is 6.57. The van der Waals surface area contributed by atoms with Gasteiger partial charge in [0.2, 0.25) is 0 Å². The summed E-state index contributed by atoms with van der Waals surface area (Å²) in [6, 6.07) is 0. The van der Waals surface area contributed by atoms with Crippen molar-refractivity contribution in [1.82, 2.24) is 9.78 Å². The van der Waals surface area contributed by atoms with E-state index in [0.717, 1.165) is 48.3 Å². The molecular weight excluding hydrogens is 344 g/mol. The summed E-state index contributed by atoms with van der Waals surface area (Å²) in [6.07, 6.45) is 18.0. The first-order valence-corrected chi connectivity index (χ1v) is 11.7. The Labute approximate surface area is 170 Å². The minimum absolute atomic E-state index is 0.119. The van der Waals surface area contributed by atoms with Crippen LogP contribution in [-0.4, -0.2) is 15.6 Å². The Morgan fingerprint density at radius 3 is 2.79 bits per heavy atom. The average Bonchev–Trinajstić information content (AvgIpc) is 3.25. The van der Waals surface area contributed by atoms with E-state index < -0.39 is 0 Å². The predicted molar refractivity (Wildman–Crippen MR) is 113 cm³/mol. The summed E-state index contributed by atoms with van der Waals surface area (Å²) in [4.78, 5) is 13.5. The van der Waals surface area contributed by atoms with Crippen molar-refractivity contribution in [2.75, 3.05) is 0 Å². The monoisotopic (exact) mass is 380 g/mol. The van der Waals surface area contributed by atoms with E-state index in [1.807, 2.05) is 10.9 Å². The number of allylic oxidation sites excluding steroid dienone is 1. The maximum Gasteiger partial charge on any atom is 0.165 e. The Balaban J connectivity index is 1.45. The van der Waals surface area contributed by atoms with Gasteiger partial charge < -0.3 is 0 Å². The third-order valence-corrected chi connectivity index (χ3v) is 9.54. The molecule has 0 saturated heterocycles. The van der Waals surface area contributed by atoms with Crippen molar-refractivity contribution < 1.29 is 4.79 Å². The largest absolute Gasteiger partial charge is 0.294 e. The summed E-state index contributed by atoms with van der Waals surface area (Å²) < 4.78 is 1.95. The minimum atomic E-state index is -0.119. The van der Waals surface area contributed by atoms with Crippen LogP contribution in [0, 0.1) is 34.5 Å². The highest BCUT2D eigenvalue weighted by Gasteiger charge is 2.60. The van der Waals surface area contributed by atoms with E-state index in [4.69, 9.17) is 0 Å². The lowest BCUT2D eigenvalue weighted by atomic mass is 9.45. The third kappa shape index (κ3) is 2.60. The van der Waals surface area contributed by atoms with Crippen molar-refractivity contribution in [2.24, 2.45) is 34.5 Å². The summed E-state index contributed by atoms with van der Waals surface area (Å²) in [5.74, 6) is 3.55. The lowest BCUT2D eigenvalue weighted by Crippen LogP contribution is -2.52. The van der Waals surface area contributed by atoms with Gasteiger partial charge >= 0.3 is 0 Å². The molecule has 0 spiro atoms. The van der Waals surface area contributed by atoms with Crippen LogP contribution in [0.4, 0.5) is 0 Å². The van der Waals surface area contributed by atoms with Crippen molar-refractivity contribution in [1.29, 1.82) is 0 Å². The highest BCUT2D eigenvalue weighted by atomic mass is 16.1. The highest BCUT2D eigenvalue weighted by Crippen LogP contribution is 2.66. The molecule has 0 amide bonds. The predicted octanol–water partition coefficient (Wildman–Crippen LogP) is 5.90. The summed E-state index contributed by atoms with van der Waals surface area (Å²) in [6.45, 7) is 7.88. The zero-order chi connectivity index (χ0) is 19.5. The second-order valence-electron chi connectivity index (χ2n) is 10.7. The summed E-state index contributed by atoms with van der Waals surface area (Å²) in [7, 11) is 0. The van der Waals surface area contributed by atoms with Gasteiger partial charge in [-0.15, -0.1) is 0 Å². The van der Waals surface area contributed by atoms with E-state index in [2.05, 4.69) is 38.1 Å². The van der Waals surface area contributed by atoms with Crippen LogP contribution in [0.15, 0.2) is 18.0 Å². The number of carbonyl (C=O) groups is 1. The molecule has 4 aliphatic carbocycles. The highest BCUT2D eigenvalue weighted by molar-refractivity contribution is 6.05. The molecule has 1 heterocycles. The van der Waals surface area contributed by atoms with Gasteiger partial charge in [-0.2, -0.15) is 5.10 Å². The number of carbonyl (C=O) groups excluding carboxylic acids is 1. The van der Waals surface area contributed by atoms with Crippen molar-refractivity contribution in [3.63, 3.8) is 0 Å². The van der Waals surface area contributed by atoms with Gasteiger partial charge in [0.15, 0.2) is 5.78 Å². The van der Waals surface area contributed by atoms with Crippen LogP contribution in [0.2, 0.25) is 0 Å². The van der Waals surface area contributed by atoms with Gasteiger partial charge in [-0.25, -0.2) is 0 Å². The van der Waals surface area contributed by atoms with Crippen LogP contribution >= 0.6 is 0 Å². The van der Waals surface area contributed by atoms with Crippen molar-refractivity contribution >= 4 is 11.9 Å². The Kier molecular flexibility index (Phi) is 4.37. The summed E-state index contributed by atoms with van der Waals surface area (Å²) in [5, 5.41) is 4.39. The van der Waals surface area contributed by atoms with Gasteiger partial charge in [0, 0.05) is 23.7 Å². The average molecular weight is 381 g/mol. The Hall–Kier alpha value is -1.38. The molecule has 0 unspecified atom stereocenters. The van der Waals surface area contributed by atoms with Gasteiger partial charge in [0.05, 0.1) is 6.20 Å². The molecule has 28 heavy (non-hydrogen) atoms. The zero-order valence-corrected chi connectivity index (χ0v) is 17.9. The normalized spacial score (nSPS) is 44.2. The number of ketones is 1. The van der Waals surface area contributed by atoms with E-state index >= 15 is 0 Å². The van der Waals surface area contributed by atoms with E-state index in [1.54, 1.807) is 0 Å². The number of aryl methyl sites for hydroxylation is 1. The molecule has 5 rings (SSSR count). The van der Waals surface area contributed by atoms with E-state index in [1.165, 1.54) is 44.9 Å². The standard InChI is InChI=1S/C25H36N2O/c1-4-27-16-17(15-26-27)13-18-14-22-20-9-8-19-7-5-6-11-24(19,2)21(20)10-12-25(22,3)23(18)28/h13,15-16,19-22H,4-12,14H2,1-3H3/b18-13-/t19-,20+,21-,22-,24+,25-/m1/s1. The smallest absolute Gasteiger partial charge is 0.165 e. The topological polar surface area (TPSA) is 34.9 Å². The van der Waals surface area contributed by atoms with E-state index in [-0.39, 0.29) is 5.41 Å². The van der Waals surface area contributed by atoms with Gasteiger partial charge in [-0.3, -0.25) is 9.48 Å². The number of aromatic nitrogens is 2. The van der Waals surface area contributed by atoms with Crippen molar-refractivity contribution in [3.8, 4) is 0 Å². The second-order valence-corrected chi connectivity index (χ2v) is 10.7. The van der Waals surface area contributed by atoms with Gasteiger partial charge in [-0.05, 0) is 92.6 Å². The first kappa shape index (κ1) is 18.6. The van der Waals surface area contributed by atoms with Crippen molar-refractivity contribution in [2.45, 2.75) is 85.1 Å². The SMILES string of the molecule is CCn1cc(/C=C2/C[C@@H]3[C@H]4CC[C@H]5CCCC[C@]5(C)[C@@H]4CC[C@@]3(C)C2=O)cn1. The number of rotatable bonds is 2. The fraction of sp³-hybridized carbons (Fsp3) is 0.760. The number of hydrogen-bond acceptors (Lipinski definition) is 2. The molecule has 0 N–H and O–H groups in total. The van der Waals surface area contributed by atoms with Gasteiger partial charge in [0.1, 0.15) is 0 Å². The van der Waals surface area contributed by atoms with Crippen molar-refractivity contribution in [3.05, 3.63) is 23.5 Å². The minimum Gasteiger partial charge on any atom is -0.294 e.